The number of rotatable bonds is 12. The average Bonchev–Trinajstić information content (AvgIpc) is 0.810. The van der Waals surface area contributed by atoms with Crippen LogP contribution < -0.4 is 5.32 Å². The molecular weight excluding hydrogens is 1330 g/mol. The molecule has 1 aliphatic rings. The van der Waals surface area contributed by atoms with Crippen molar-refractivity contribution in [3.05, 3.63) is 124 Å². The Labute approximate surface area is 629 Å². The Morgan fingerprint density at radius 2 is 0.752 bits per heavy atom. The highest BCUT2D eigenvalue weighted by Crippen LogP contribution is 2.26. The van der Waals surface area contributed by atoms with Gasteiger partial charge in [0.2, 0.25) is 17.7 Å². The van der Waals surface area contributed by atoms with Gasteiger partial charge >= 0.3 is 0 Å². The van der Waals surface area contributed by atoms with Crippen molar-refractivity contribution in [1.29, 1.82) is 0 Å². The van der Waals surface area contributed by atoms with Gasteiger partial charge < -0.3 is 20.0 Å². The molecule has 4 aromatic rings. The molecule has 1 N–H and O–H groups in total. The molecule has 1 fully saturated rings. The maximum atomic E-state index is 12.5. The van der Waals surface area contributed by atoms with Gasteiger partial charge in [-0.3, -0.25) is 77.1 Å². The van der Waals surface area contributed by atoms with E-state index in [2.05, 4.69) is 15.3 Å². The number of Topliss-reactive ketones (excluding diaryl/α,β-unsaturated/α-hetero) is 10. The summed E-state index contributed by atoms with van der Waals surface area (Å²) in [5, 5.41) is 2.66. The van der Waals surface area contributed by atoms with Crippen LogP contribution in [0, 0.1) is 49.2 Å². The van der Waals surface area contributed by atoms with Crippen LogP contribution in [0.3, 0.4) is 0 Å². The van der Waals surface area contributed by atoms with Crippen LogP contribution in [0.2, 0.25) is 0 Å². The Bertz CT molecular complexity index is 3490. The van der Waals surface area contributed by atoms with Gasteiger partial charge in [-0.15, -0.1) is 0 Å². The number of anilines is 1. The average molecular weight is 1460 g/mol. The maximum Gasteiger partial charge on any atom is 0.253 e. The van der Waals surface area contributed by atoms with Gasteiger partial charge in [-0.2, -0.15) is 0 Å². The topological polar surface area (TPSA) is 287 Å². The first-order valence-electron chi connectivity index (χ1n) is 35.7. The first-order chi connectivity index (χ1) is 47.2. The van der Waals surface area contributed by atoms with Crippen LogP contribution in [-0.4, -0.2) is 146 Å². The van der Waals surface area contributed by atoms with Gasteiger partial charge in [0.25, 0.3) is 5.91 Å². The first-order valence-corrected chi connectivity index (χ1v) is 35.7. The molecule has 3 heterocycles. The highest BCUT2D eigenvalue weighted by atomic mass is 16.2. The van der Waals surface area contributed by atoms with Gasteiger partial charge in [-0.05, 0) is 88.4 Å². The third-order valence-corrected chi connectivity index (χ3v) is 15.4. The molecule has 0 bridgehead atoms. The number of aromatic nitrogens is 2. The molecule has 0 aliphatic carbocycles. The molecule has 20 nitrogen and oxygen atoms in total. The molecule has 4 amide bonds. The standard InChI is InChI=1S/C18H24N2O3.C13H17NO2.2C12H15NO2.C8H17NO.C8H14O2.C8H16O.C6H12O/c1-13(21)19-9-11-20(12-10-19)17(23)15-7-5-14(6-8-15)16(22)18(2,3)4;1-9(15)14-11-7-5-10(6-8-11)12(16)13(2,3)4;1-8(14)10-6-5-9(7-13-10)11(15)12(2,3)4;1-8(14)9-5-6-10(13-7-9)11(15)12(2,3)4;1-6-9(5)7(10)8(2,3)4;1-6(9)5-7(10)8(2,3)4;1-6(2)7(9)8(3,4)5;1-5(7)6(2,3)4/h5-8H,9-12H2,1-4H3;5-8H,1-4H3,(H,14,15);2*5-7H,1-4H3;6H2,1-5H3;5H2,1-4H3;6H,1-5H3;1-4H3. The molecular formula is C85H130N6O14. The van der Waals surface area contributed by atoms with Crippen molar-refractivity contribution < 1.29 is 67.1 Å². The van der Waals surface area contributed by atoms with E-state index in [0.717, 1.165) is 6.54 Å². The van der Waals surface area contributed by atoms with Crippen LogP contribution in [0.5, 0.6) is 0 Å². The number of ketones is 10. The second kappa shape index (κ2) is 43.1. The summed E-state index contributed by atoms with van der Waals surface area (Å²) in [7, 11) is 1.83. The lowest BCUT2D eigenvalue weighted by Crippen LogP contribution is -2.50. The van der Waals surface area contributed by atoms with E-state index >= 15 is 0 Å². The molecule has 20 heteroatoms. The van der Waals surface area contributed by atoms with Gasteiger partial charge in [0.1, 0.15) is 34.5 Å². The Hall–Kier alpha value is -8.68. The van der Waals surface area contributed by atoms with E-state index in [9.17, 15) is 67.1 Å². The van der Waals surface area contributed by atoms with Crippen molar-refractivity contribution in [3.63, 3.8) is 0 Å². The number of carbonyl (C=O) groups excluding carboxylic acids is 14. The molecule has 0 saturated carbocycles. The largest absolute Gasteiger partial charge is 0.346 e. The van der Waals surface area contributed by atoms with E-state index in [1.165, 1.54) is 40.1 Å². The fourth-order valence-electron chi connectivity index (χ4n) is 8.31. The van der Waals surface area contributed by atoms with Gasteiger partial charge in [-0.25, -0.2) is 0 Å². The summed E-state index contributed by atoms with van der Waals surface area (Å²) in [6.45, 7) is 63.1. The number of nitrogens with zero attached hydrogens (tertiary/aromatic N) is 5. The van der Waals surface area contributed by atoms with E-state index in [0.29, 0.717) is 76.9 Å². The van der Waals surface area contributed by atoms with E-state index in [4.69, 9.17) is 0 Å². The van der Waals surface area contributed by atoms with E-state index in [1.54, 1.807) is 101 Å². The molecule has 0 atom stereocenters. The normalized spacial score (nSPS) is 12.2. The van der Waals surface area contributed by atoms with Gasteiger partial charge in [0.15, 0.2) is 34.7 Å². The highest BCUT2D eigenvalue weighted by molar-refractivity contribution is 6.04. The maximum absolute atomic E-state index is 12.5. The third-order valence-electron chi connectivity index (χ3n) is 15.4. The lowest BCUT2D eigenvalue weighted by atomic mass is 9.85. The van der Waals surface area contributed by atoms with E-state index < -0.39 is 16.2 Å². The summed E-state index contributed by atoms with van der Waals surface area (Å²) < 4.78 is 0. The van der Waals surface area contributed by atoms with Gasteiger partial charge in [-0.1, -0.05) is 192 Å². The predicted octanol–water partition coefficient (Wildman–Crippen LogP) is 17.1. The molecule has 1 saturated heterocycles. The molecule has 0 spiro atoms. The van der Waals surface area contributed by atoms with Crippen molar-refractivity contribution in [3.8, 4) is 0 Å². The van der Waals surface area contributed by atoms with E-state index in [-0.39, 0.29) is 115 Å². The minimum atomic E-state index is -0.440. The molecule has 584 valence electrons. The third kappa shape index (κ3) is 40.4. The zero-order chi connectivity index (χ0) is 83.3. The van der Waals surface area contributed by atoms with Crippen LogP contribution in [0.15, 0.2) is 85.2 Å². The number of pyridine rings is 2. The summed E-state index contributed by atoms with van der Waals surface area (Å²) in [4.78, 5) is 172. The van der Waals surface area contributed by atoms with Crippen LogP contribution in [0.4, 0.5) is 5.69 Å². The molecule has 5 rings (SSSR count). The Balaban J connectivity index is -0.00000116. The quantitative estimate of drug-likeness (QED) is 0.102. The molecule has 2 aromatic carbocycles. The number of hydrogen-bond donors (Lipinski definition) is 1. The van der Waals surface area contributed by atoms with Crippen molar-refractivity contribution >= 4 is 87.1 Å². The minimum absolute atomic E-state index is 0.0139. The minimum Gasteiger partial charge on any atom is -0.346 e. The zero-order valence-electron chi connectivity index (χ0n) is 70.4. The van der Waals surface area contributed by atoms with Crippen molar-refractivity contribution in [2.24, 2.45) is 49.2 Å². The molecule has 0 unspecified atom stereocenters. The van der Waals surface area contributed by atoms with Crippen LogP contribution in [-0.2, 0) is 33.6 Å². The summed E-state index contributed by atoms with van der Waals surface area (Å²) in [6, 6.07) is 20.3. The number of piperazine rings is 1. The van der Waals surface area contributed by atoms with Crippen molar-refractivity contribution in [2.45, 2.75) is 235 Å². The highest BCUT2D eigenvalue weighted by Gasteiger charge is 2.30. The summed E-state index contributed by atoms with van der Waals surface area (Å²) >= 11 is 0. The summed E-state index contributed by atoms with van der Waals surface area (Å²) in [6.07, 6.45) is 2.98. The molecule has 2 aromatic heterocycles. The van der Waals surface area contributed by atoms with Crippen LogP contribution in [0.1, 0.15) is 308 Å². The number of nitrogens with one attached hydrogen (secondary N) is 1. The second-order valence-corrected chi connectivity index (χ2v) is 34.6. The summed E-state index contributed by atoms with van der Waals surface area (Å²) in [5.74, 6) is 0.827. The zero-order valence-corrected chi connectivity index (χ0v) is 70.4. The summed E-state index contributed by atoms with van der Waals surface area (Å²) in [5.41, 5.74) is 1.88. The smallest absolute Gasteiger partial charge is 0.253 e. The van der Waals surface area contributed by atoms with E-state index in [1.807, 2.05) is 194 Å². The number of carbonyl (C=O) groups is 14. The fraction of sp³-hybridized carbons (Fsp3) is 0.576. The lowest BCUT2D eigenvalue weighted by Gasteiger charge is -2.34. The Morgan fingerprint density at radius 1 is 0.410 bits per heavy atom. The molecule has 0 radical (unpaired) electrons. The Morgan fingerprint density at radius 3 is 1.00 bits per heavy atom. The molecule has 105 heavy (non-hydrogen) atoms. The number of hydrogen-bond acceptors (Lipinski definition) is 16. The monoisotopic (exact) mass is 1460 g/mol. The van der Waals surface area contributed by atoms with Crippen molar-refractivity contribution in [2.75, 3.05) is 45.1 Å². The Kier molecular flexibility index (Phi) is 41.2. The molecule has 1 aliphatic heterocycles. The predicted molar refractivity (Wildman–Crippen MR) is 421 cm³/mol. The number of amides is 4. The van der Waals surface area contributed by atoms with Crippen LogP contribution >= 0.6 is 0 Å². The SMILES string of the molecule is CC(=O)C(C)(C)C.CC(=O)CC(=O)C(C)(C)C.CC(=O)N1CCN(C(=O)c2ccc(C(=O)C(C)(C)C)cc2)CC1.CC(=O)Nc1ccc(C(=O)C(C)(C)C)cc1.CC(=O)c1ccc(C(=O)C(C)(C)C)cn1.CC(=O)c1ccc(C(=O)C(C)(C)C)nc1.CC(C)C(=O)C(C)(C)C.CCN(C)C(=O)C(C)(C)C. The first kappa shape index (κ1) is 100. The second-order valence-electron chi connectivity index (χ2n) is 34.6. The van der Waals surface area contributed by atoms with Gasteiger partial charge in [0, 0.05) is 156 Å². The van der Waals surface area contributed by atoms with Crippen LogP contribution in [0.25, 0.3) is 0 Å². The lowest BCUT2D eigenvalue weighted by molar-refractivity contribution is -0.138. The number of benzene rings is 2. The van der Waals surface area contributed by atoms with Crippen molar-refractivity contribution in [1.82, 2.24) is 24.7 Å². The fourth-order valence-corrected chi connectivity index (χ4v) is 8.31. The van der Waals surface area contributed by atoms with Gasteiger partial charge in [0.05, 0.1) is 6.42 Å².